The van der Waals surface area contributed by atoms with Crippen LogP contribution in [0.2, 0.25) is 0 Å². The minimum Gasteiger partial charge on any atom is -0.365 e. The molecule has 2 atom stereocenters. The highest BCUT2D eigenvalue weighted by atomic mass is 19.1. The summed E-state index contributed by atoms with van der Waals surface area (Å²) in [5, 5.41) is 10.5. The van der Waals surface area contributed by atoms with E-state index in [4.69, 9.17) is 5.73 Å². The third-order valence-electron chi connectivity index (χ3n) is 5.55. The van der Waals surface area contributed by atoms with Crippen LogP contribution in [0.25, 0.3) is 10.9 Å². The number of primary amides is 1. The van der Waals surface area contributed by atoms with Gasteiger partial charge in [0.2, 0.25) is 0 Å². The molecule has 156 valence electrons. The summed E-state index contributed by atoms with van der Waals surface area (Å²) in [5.74, 6) is -1.06. The first-order valence-corrected chi connectivity index (χ1v) is 10.1. The lowest BCUT2D eigenvalue weighted by Crippen LogP contribution is -2.45. The predicted molar refractivity (Wildman–Crippen MR) is 116 cm³/mol. The van der Waals surface area contributed by atoms with Crippen molar-refractivity contribution in [2.24, 2.45) is 5.73 Å². The molecule has 0 saturated heterocycles. The summed E-state index contributed by atoms with van der Waals surface area (Å²) in [6.45, 7) is 0. The number of halogens is 1. The van der Waals surface area contributed by atoms with Gasteiger partial charge in [0.05, 0.1) is 23.0 Å². The number of carbonyl (C=O) groups excluding carboxylic acids is 1. The fourth-order valence-corrected chi connectivity index (χ4v) is 3.97. The van der Waals surface area contributed by atoms with E-state index < -0.39 is 11.7 Å². The molecule has 1 fully saturated rings. The first-order chi connectivity index (χ1) is 14.5. The zero-order valence-electron chi connectivity index (χ0n) is 16.8. The van der Waals surface area contributed by atoms with E-state index >= 15 is 0 Å². The van der Waals surface area contributed by atoms with Crippen LogP contribution in [-0.4, -0.2) is 35.0 Å². The molecule has 7 nitrogen and oxygen atoms in total. The Morgan fingerprint density at radius 2 is 1.90 bits per heavy atom. The van der Waals surface area contributed by atoms with Crippen molar-refractivity contribution in [1.82, 2.24) is 15.3 Å². The zero-order chi connectivity index (χ0) is 21.1. The summed E-state index contributed by atoms with van der Waals surface area (Å²) in [7, 11) is 1.91. The summed E-state index contributed by atoms with van der Waals surface area (Å²) < 4.78 is 14.7. The lowest BCUT2D eigenvalue weighted by atomic mass is 9.90. The molecule has 0 spiro atoms. The number of pyridine rings is 2. The van der Waals surface area contributed by atoms with E-state index in [9.17, 15) is 9.18 Å². The number of benzene rings is 1. The highest BCUT2D eigenvalue weighted by Crippen LogP contribution is 2.27. The van der Waals surface area contributed by atoms with Gasteiger partial charge >= 0.3 is 0 Å². The summed E-state index contributed by atoms with van der Waals surface area (Å²) in [4.78, 5) is 20.7. The van der Waals surface area contributed by atoms with Gasteiger partial charge in [-0.25, -0.2) is 9.37 Å². The van der Waals surface area contributed by atoms with E-state index in [1.165, 1.54) is 0 Å². The summed E-state index contributed by atoms with van der Waals surface area (Å²) >= 11 is 0. The molecule has 8 heteroatoms. The minimum atomic E-state index is -0.755. The summed E-state index contributed by atoms with van der Waals surface area (Å²) in [5.41, 5.74) is 6.94. The standard InChI is InChI=1S/C22H25FN6O/c1-25-18-8-4-5-9-19(18)28-22-16(23)11-15(20(24)30)21(29-22)27-14-10-13-6-2-3-7-17(13)26-12-14/h2-3,6-7,10-12,18-19,25H,4-5,8-9H2,1H3,(H2,24,30)(H2,27,28,29). The number of anilines is 3. The van der Waals surface area contributed by atoms with Crippen molar-refractivity contribution in [2.45, 2.75) is 37.8 Å². The Kier molecular flexibility index (Phi) is 5.76. The Balaban J connectivity index is 1.66. The van der Waals surface area contributed by atoms with Crippen LogP contribution in [-0.2, 0) is 0 Å². The molecule has 2 aromatic heterocycles. The molecule has 1 aromatic carbocycles. The molecule has 1 amide bonds. The van der Waals surface area contributed by atoms with E-state index in [1.54, 1.807) is 6.20 Å². The number of para-hydroxylation sites is 1. The van der Waals surface area contributed by atoms with Crippen LogP contribution in [0.5, 0.6) is 0 Å². The van der Waals surface area contributed by atoms with Crippen molar-refractivity contribution in [3.8, 4) is 0 Å². The quantitative estimate of drug-likeness (QED) is 0.497. The first kappa shape index (κ1) is 20.0. The van der Waals surface area contributed by atoms with Crippen LogP contribution >= 0.6 is 0 Å². The maximum absolute atomic E-state index is 14.7. The first-order valence-electron chi connectivity index (χ1n) is 10.1. The number of nitrogens with one attached hydrogen (secondary N) is 3. The zero-order valence-corrected chi connectivity index (χ0v) is 16.8. The van der Waals surface area contributed by atoms with Crippen molar-refractivity contribution < 1.29 is 9.18 Å². The second-order valence-electron chi connectivity index (χ2n) is 7.55. The van der Waals surface area contributed by atoms with Gasteiger partial charge < -0.3 is 21.7 Å². The highest BCUT2D eigenvalue weighted by Gasteiger charge is 2.26. The minimum absolute atomic E-state index is 0.0139. The third kappa shape index (κ3) is 4.18. The van der Waals surface area contributed by atoms with Crippen LogP contribution in [0.4, 0.5) is 21.7 Å². The monoisotopic (exact) mass is 408 g/mol. The number of hydrogen-bond donors (Lipinski definition) is 4. The Morgan fingerprint density at radius 1 is 1.13 bits per heavy atom. The summed E-state index contributed by atoms with van der Waals surface area (Å²) in [6.07, 6.45) is 5.79. The molecular formula is C22H25FN6O. The maximum Gasteiger partial charge on any atom is 0.252 e. The smallest absolute Gasteiger partial charge is 0.252 e. The average Bonchev–Trinajstić information content (AvgIpc) is 2.76. The molecule has 2 unspecified atom stereocenters. The van der Waals surface area contributed by atoms with Gasteiger partial charge in [0, 0.05) is 17.5 Å². The Bertz CT molecular complexity index is 1070. The predicted octanol–water partition coefficient (Wildman–Crippen LogP) is 3.55. The van der Waals surface area contributed by atoms with Crippen LogP contribution in [0, 0.1) is 5.82 Å². The molecule has 4 rings (SSSR count). The van der Waals surface area contributed by atoms with E-state index in [2.05, 4.69) is 25.9 Å². The largest absolute Gasteiger partial charge is 0.365 e. The van der Waals surface area contributed by atoms with Crippen LogP contribution in [0.3, 0.4) is 0 Å². The van der Waals surface area contributed by atoms with Crippen LogP contribution in [0.1, 0.15) is 36.0 Å². The van der Waals surface area contributed by atoms with Gasteiger partial charge in [0.1, 0.15) is 5.82 Å². The number of rotatable bonds is 6. The number of fused-ring (bicyclic) bond motifs is 1. The number of amides is 1. The van der Waals surface area contributed by atoms with Crippen LogP contribution in [0.15, 0.2) is 42.6 Å². The van der Waals surface area contributed by atoms with Gasteiger partial charge in [0.15, 0.2) is 11.6 Å². The second-order valence-corrected chi connectivity index (χ2v) is 7.55. The SMILES string of the molecule is CNC1CCCCC1Nc1nc(Nc2cnc3ccccc3c2)c(C(N)=O)cc1F. The molecule has 1 aliphatic carbocycles. The normalized spacial score (nSPS) is 18.9. The fourth-order valence-electron chi connectivity index (χ4n) is 3.97. The number of hydrogen-bond acceptors (Lipinski definition) is 6. The Morgan fingerprint density at radius 3 is 2.67 bits per heavy atom. The van der Waals surface area contributed by atoms with Gasteiger partial charge in [-0.05, 0) is 38.1 Å². The van der Waals surface area contributed by atoms with Crippen molar-refractivity contribution in [1.29, 1.82) is 0 Å². The molecule has 30 heavy (non-hydrogen) atoms. The molecule has 0 bridgehead atoms. The van der Waals surface area contributed by atoms with Gasteiger partial charge in [-0.2, -0.15) is 0 Å². The Hall–Kier alpha value is -3.26. The second kappa shape index (κ2) is 8.62. The Labute approximate surface area is 174 Å². The third-order valence-corrected chi connectivity index (χ3v) is 5.55. The maximum atomic E-state index is 14.7. The number of nitrogens with zero attached hydrogens (tertiary/aromatic N) is 2. The average molecular weight is 408 g/mol. The molecule has 1 aliphatic rings. The fraction of sp³-hybridized carbons (Fsp3) is 0.318. The molecule has 0 radical (unpaired) electrons. The number of carbonyl (C=O) groups is 1. The highest BCUT2D eigenvalue weighted by molar-refractivity contribution is 5.98. The van der Waals surface area contributed by atoms with Gasteiger partial charge in [-0.3, -0.25) is 9.78 Å². The molecule has 1 saturated carbocycles. The lowest BCUT2D eigenvalue weighted by molar-refractivity contribution is 0.100. The molecule has 3 aromatic rings. The van der Waals surface area contributed by atoms with E-state index in [0.717, 1.165) is 42.7 Å². The lowest BCUT2D eigenvalue weighted by Gasteiger charge is -2.32. The van der Waals surface area contributed by atoms with E-state index in [1.807, 2.05) is 37.4 Å². The van der Waals surface area contributed by atoms with Gasteiger partial charge in [-0.1, -0.05) is 31.0 Å². The van der Waals surface area contributed by atoms with E-state index in [0.29, 0.717) is 5.69 Å². The van der Waals surface area contributed by atoms with Crippen molar-refractivity contribution in [3.05, 3.63) is 54.0 Å². The van der Waals surface area contributed by atoms with E-state index in [-0.39, 0.29) is 29.3 Å². The van der Waals surface area contributed by atoms with Gasteiger partial charge in [-0.15, -0.1) is 0 Å². The van der Waals surface area contributed by atoms with Crippen molar-refractivity contribution in [3.63, 3.8) is 0 Å². The molecule has 0 aliphatic heterocycles. The molecular weight excluding hydrogens is 383 g/mol. The van der Waals surface area contributed by atoms with Crippen molar-refractivity contribution >= 4 is 34.1 Å². The van der Waals surface area contributed by atoms with Crippen molar-refractivity contribution in [2.75, 3.05) is 17.7 Å². The number of likely N-dealkylation sites (N-methyl/N-ethyl adjacent to an activating group) is 1. The molecule has 5 N–H and O–H groups in total. The number of nitrogens with two attached hydrogens (primary N) is 1. The van der Waals surface area contributed by atoms with Crippen LogP contribution < -0.4 is 21.7 Å². The summed E-state index contributed by atoms with van der Waals surface area (Å²) in [6, 6.07) is 11.0. The number of aromatic nitrogens is 2. The molecule has 2 heterocycles. The van der Waals surface area contributed by atoms with Gasteiger partial charge in [0.25, 0.3) is 5.91 Å². The topological polar surface area (TPSA) is 105 Å².